The number of nitrogens with one attached hydrogen (secondary N) is 1. The van der Waals surface area contributed by atoms with E-state index in [9.17, 15) is 0 Å². The average Bonchev–Trinajstić information content (AvgIpc) is 2.88. The molecule has 2 aromatic heterocycles. The fourth-order valence-electron chi connectivity index (χ4n) is 1.57. The quantitative estimate of drug-likeness (QED) is 0.649. The zero-order valence-electron chi connectivity index (χ0n) is 9.18. The maximum absolute atomic E-state index is 5.63. The van der Waals surface area contributed by atoms with Gasteiger partial charge in [-0.15, -0.1) is 5.10 Å². The van der Waals surface area contributed by atoms with Crippen LogP contribution in [0.2, 0.25) is 0 Å². The third kappa shape index (κ3) is 2.15. The summed E-state index contributed by atoms with van der Waals surface area (Å²) in [6, 6.07) is 2.07. The highest BCUT2D eigenvalue weighted by molar-refractivity contribution is 7.08. The summed E-state index contributed by atoms with van der Waals surface area (Å²) in [6.07, 6.45) is 0. The molecule has 0 radical (unpaired) electrons. The van der Waals surface area contributed by atoms with Gasteiger partial charge in [0.15, 0.2) is 0 Å². The predicted octanol–water partition coefficient (Wildman–Crippen LogP) is 2.28. The molecule has 2 heterocycles. The van der Waals surface area contributed by atoms with E-state index in [4.69, 9.17) is 5.84 Å². The zero-order valence-corrected chi connectivity index (χ0v) is 10.8. The van der Waals surface area contributed by atoms with Crippen LogP contribution < -0.4 is 11.3 Å². The van der Waals surface area contributed by atoms with E-state index in [-0.39, 0.29) is 6.04 Å². The number of hydrazine groups is 1. The number of hydrogen-bond acceptors (Lipinski definition) is 6. The summed E-state index contributed by atoms with van der Waals surface area (Å²) < 4.78 is 4.02. The van der Waals surface area contributed by atoms with E-state index < -0.39 is 0 Å². The number of thiophene rings is 1. The number of rotatable bonds is 4. The van der Waals surface area contributed by atoms with E-state index in [0.717, 1.165) is 10.6 Å². The van der Waals surface area contributed by atoms with Gasteiger partial charge in [-0.2, -0.15) is 11.3 Å². The Balaban J connectivity index is 2.37. The van der Waals surface area contributed by atoms with E-state index >= 15 is 0 Å². The Morgan fingerprint density at radius 1 is 1.44 bits per heavy atom. The molecule has 0 aromatic carbocycles. The molecule has 6 heteroatoms. The normalized spacial score (nSPS) is 13.2. The molecule has 1 unspecified atom stereocenters. The maximum Gasteiger partial charge on any atom is 0.0845 e. The minimum atomic E-state index is 0.00338. The Hall–Kier alpha value is -0.820. The molecular weight excluding hydrogens is 240 g/mol. The molecule has 0 bridgehead atoms. The first-order valence-corrected chi connectivity index (χ1v) is 6.76. The molecule has 16 heavy (non-hydrogen) atoms. The van der Waals surface area contributed by atoms with E-state index in [1.54, 1.807) is 11.3 Å². The standard InChI is InChI=1S/C10H14N4S2/c1-6(2)8-10(16-14-13-8)9(12-11)7-3-4-15-5-7/h3-6,9,12H,11H2,1-2H3. The van der Waals surface area contributed by atoms with Crippen LogP contribution in [0.3, 0.4) is 0 Å². The highest BCUT2D eigenvalue weighted by atomic mass is 32.1. The lowest BCUT2D eigenvalue weighted by Gasteiger charge is -2.14. The third-order valence-corrected chi connectivity index (χ3v) is 3.90. The van der Waals surface area contributed by atoms with Gasteiger partial charge >= 0.3 is 0 Å². The summed E-state index contributed by atoms with van der Waals surface area (Å²) in [5, 5.41) is 8.31. The highest BCUT2D eigenvalue weighted by Crippen LogP contribution is 2.31. The van der Waals surface area contributed by atoms with Gasteiger partial charge in [0.05, 0.1) is 16.6 Å². The number of aromatic nitrogens is 2. The second-order valence-electron chi connectivity index (χ2n) is 3.83. The van der Waals surface area contributed by atoms with Crippen molar-refractivity contribution < 1.29 is 0 Å². The molecule has 0 saturated heterocycles. The van der Waals surface area contributed by atoms with Crippen LogP contribution in [0.4, 0.5) is 0 Å². The number of hydrogen-bond donors (Lipinski definition) is 2. The van der Waals surface area contributed by atoms with Gasteiger partial charge in [0, 0.05) is 0 Å². The van der Waals surface area contributed by atoms with Gasteiger partial charge in [-0.1, -0.05) is 18.3 Å². The van der Waals surface area contributed by atoms with Crippen LogP contribution in [0.25, 0.3) is 0 Å². The Bertz CT molecular complexity index is 435. The molecule has 0 saturated carbocycles. The van der Waals surface area contributed by atoms with Gasteiger partial charge in [0.25, 0.3) is 0 Å². The van der Waals surface area contributed by atoms with Crippen molar-refractivity contribution in [2.24, 2.45) is 5.84 Å². The molecule has 0 aliphatic heterocycles. The number of nitrogens with zero attached hydrogens (tertiary/aromatic N) is 2. The van der Waals surface area contributed by atoms with Crippen LogP contribution in [-0.4, -0.2) is 9.59 Å². The van der Waals surface area contributed by atoms with Crippen molar-refractivity contribution in [1.29, 1.82) is 0 Å². The van der Waals surface area contributed by atoms with Crippen molar-refractivity contribution >= 4 is 22.9 Å². The smallest absolute Gasteiger partial charge is 0.0845 e. The van der Waals surface area contributed by atoms with E-state index in [0.29, 0.717) is 5.92 Å². The Kier molecular flexibility index (Phi) is 3.65. The zero-order chi connectivity index (χ0) is 11.5. The Labute approximate surface area is 103 Å². The molecule has 3 N–H and O–H groups in total. The lowest BCUT2D eigenvalue weighted by molar-refractivity contribution is 0.633. The van der Waals surface area contributed by atoms with Crippen molar-refractivity contribution in [3.05, 3.63) is 33.0 Å². The Morgan fingerprint density at radius 2 is 2.25 bits per heavy atom. The summed E-state index contributed by atoms with van der Waals surface area (Å²) in [6.45, 7) is 4.23. The van der Waals surface area contributed by atoms with Crippen molar-refractivity contribution in [2.45, 2.75) is 25.8 Å². The summed E-state index contributed by atoms with van der Waals surface area (Å²) in [5.74, 6) is 5.99. The molecule has 1 atom stereocenters. The summed E-state index contributed by atoms with van der Waals surface area (Å²) in [5.41, 5.74) is 5.03. The van der Waals surface area contributed by atoms with Gasteiger partial charge in [-0.25, -0.2) is 5.43 Å². The van der Waals surface area contributed by atoms with Gasteiger partial charge in [-0.05, 0) is 39.8 Å². The van der Waals surface area contributed by atoms with Gasteiger partial charge in [0.1, 0.15) is 0 Å². The molecule has 0 aliphatic rings. The minimum absolute atomic E-state index is 0.00338. The van der Waals surface area contributed by atoms with Crippen molar-refractivity contribution in [3.63, 3.8) is 0 Å². The summed E-state index contributed by atoms with van der Waals surface area (Å²) in [4.78, 5) is 1.11. The topological polar surface area (TPSA) is 63.8 Å². The summed E-state index contributed by atoms with van der Waals surface area (Å²) >= 11 is 3.07. The molecule has 0 fully saturated rings. The lowest BCUT2D eigenvalue weighted by Crippen LogP contribution is -2.28. The first-order valence-electron chi connectivity index (χ1n) is 5.04. The van der Waals surface area contributed by atoms with Crippen molar-refractivity contribution in [1.82, 2.24) is 15.0 Å². The molecule has 2 aromatic rings. The fourth-order valence-corrected chi connectivity index (χ4v) is 3.15. The predicted molar refractivity (Wildman–Crippen MR) is 67.5 cm³/mol. The fraction of sp³-hybridized carbons (Fsp3) is 0.400. The van der Waals surface area contributed by atoms with Crippen LogP contribution in [0.1, 0.15) is 41.9 Å². The van der Waals surface area contributed by atoms with E-state index in [2.05, 4.69) is 40.3 Å². The summed E-state index contributed by atoms with van der Waals surface area (Å²) in [7, 11) is 0. The van der Waals surface area contributed by atoms with Crippen LogP contribution >= 0.6 is 22.9 Å². The first-order chi connectivity index (χ1) is 7.74. The third-order valence-electron chi connectivity index (χ3n) is 2.39. The first kappa shape index (κ1) is 11.7. The second kappa shape index (κ2) is 5.01. The van der Waals surface area contributed by atoms with E-state index in [1.807, 2.05) is 5.38 Å². The molecular formula is C10H14N4S2. The van der Waals surface area contributed by atoms with Crippen molar-refractivity contribution in [2.75, 3.05) is 0 Å². The largest absolute Gasteiger partial charge is 0.271 e. The lowest BCUT2D eigenvalue weighted by atomic mass is 10.0. The molecule has 4 nitrogen and oxygen atoms in total. The van der Waals surface area contributed by atoms with Crippen LogP contribution in [0.5, 0.6) is 0 Å². The molecule has 0 amide bonds. The SMILES string of the molecule is CC(C)c1nnsc1C(NN)c1ccsc1. The minimum Gasteiger partial charge on any atom is -0.271 e. The van der Waals surface area contributed by atoms with Gasteiger partial charge in [-0.3, -0.25) is 5.84 Å². The van der Waals surface area contributed by atoms with Crippen molar-refractivity contribution in [3.8, 4) is 0 Å². The van der Waals surface area contributed by atoms with Crippen LogP contribution in [0.15, 0.2) is 16.8 Å². The second-order valence-corrected chi connectivity index (χ2v) is 5.40. The molecule has 0 spiro atoms. The van der Waals surface area contributed by atoms with E-state index in [1.165, 1.54) is 17.1 Å². The average molecular weight is 254 g/mol. The molecule has 2 rings (SSSR count). The maximum atomic E-state index is 5.63. The van der Waals surface area contributed by atoms with Crippen LogP contribution in [0, 0.1) is 0 Å². The molecule has 86 valence electrons. The van der Waals surface area contributed by atoms with Crippen LogP contribution in [-0.2, 0) is 0 Å². The highest BCUT2D eigenvalue weighted by Gasteiger charge is 2.21. The molecule has 0 aliphatic carbocycles. The van der Waals surface area contributed by atoms with Gasteiger partial charge < -0.3 is 0 Å². The number of nitrogens with two attached hydrogens (primary N) is 1. The monoisotopic (exact) mass is 254 g/mol. The van der Waals surface area contributed by atoms with Gasteiger partial charge in [0.2, 0.25) is 0 Å². The Morgan fingerprint density at radius 3 is 2.81 bits per heavy atom.